The van der Waals surface area contributed by atoms with Gasteiger partial charge in [0.25, 0.3) is 5.56 Å². The van der Waals surface area contributed by atoms with E-state index in [4.69, 9.17) is 9.72 Å². The molecule has 0 bridgehead atoms. The van der Waals surface area contributed by atoms with Crippen LogP contribution in [0.25, 0.3) is 10.9 Å². The fraction of sp³-hybridized carbons (Fsp3) is 0.318. The van der Waals surface area contributed by atoms with Crippen molar-refractivity contribution >= 4 is 33.0 Å². The molecule has 5 nitrogen and oxygen atoms in total. The van der Waals surface area contributed by atoms with Crippen molar-refractivity contribution < 1.29 is 4.74 Å². The first-order chi connectivity index (χ1) is 13.7. The summed E-state index contributed by atoms with van der Waals surface area (Å²) < 4.78 is 7.61. The fourth-order valence-corrected chi connectivity index (χ4v) is 4.32. The highest BCUT2D eigenvalue weighted by Crippen LogP contribution is 2.32. The van der Waals surface area contributed by atoms with Crippen LogP contribution in [0.2, 0.25) is 0 Å². The summed E-state index contributed by atoms with van der Waals surface area (Å²) in [5.74, 6) is 1.79. The highest BCUT2D eigenvalue weighted by Gasteiger charge is 2.22. The van der Waals surface area contributed by atoms with E-state index in [1.807, 2.05) is 42.5 Å². The van der Waals surface area contributed by atoms with Crippen molar-refractivity contribution in [2.75, 3.05) is 7.11 Å². The summed E-state index contributed by atoms with van der Waals surface area (Å²) in [4.78, 5) is 18.0. The van der Waals surface area contributed by atoms with E-state index in [1.54, 1.807) is 13.3 Å². The minimum Gasteiger partial charge on any atom is -0.496 e. The van der Waals surface area contributed by atoms with Gasteiger partial charge in [0, 0.05) is 5.92 Å². The Hall–Kier alpha value is -2.47. The Labute approximate surface area is 172 Å². The zero-order chi connectivity index (χ0) is 19.5. The number of halogens is 1. The zero-order valence-corrected chi connectivity index (χ0v) is 17.4. The second-order valence-electron chi connectivity index (χ2n) is 7.08. The van der Waals surface area contributed by atoms with Gasteiger partial charge in [0.05, 0.1) is 28.7 Å². The second kappa shape index (κ2) is 8.27. The summed E-state index contributed by atoms with van der Waals surface area (Å²) in [6.07, 6.45) is 7.39. The summed E-state index contributed by atoms with van der Waals surface area (Å²) in [6, 6.07) is 13.2. The van der Waals surface area contributed by atoms with E-state index in [1.165, 1.54) is 23.9 Å². The Bertz CT molecular complexity index is 1080. The lowest BCUT2D eigenvalue weighted by Crippen LogP contribution is -2.25. The smallest absolute Gasteiger partial charge is 0.282 e. The van der Waals surface area contributed by atoms with Gasteiger partial charge in [-0.05, 0) is 64.7 Å². The van der Waals surface area contributed by atoms with Crippen LogP contribution in [0.4, 0.5) is 0 Å². The Morgan fingerprint density at radius 1 is 1.18 bits per heavy atom. The van der Waals surface area contributed by atoms with Crippen LogP contribution in [0.3, 0.4) is 0 Å². The maximum absolute atomic E-state index is 13.2. The molecule has 2 aromatic carbocycles. The van der Waals surface area contributed by atoms with Gasteiger partial charge in [-0.2, -0.15) is 9.78 Å². The van der Waals surface area contributed by atoms with E-state index in [-0.39, 0.29) is 11.5 Å². The topological polar surface area (TPSA) is 56.5 Å². The minimum absolute atomic E-state index is 0.116. The first kappa shape index (κ1) is 18.9. The van der Waals surface area contributed by atoms with Crippen molar-refractivity contribution in [2.24, 2.45) is 5.10 Å². The Morgan fingerprint density at radius 3 is 2.71 bits per heavy atom. The molecule has 144 valence electrons. The molecule has 1 saturated carbocycles. The molecular formula is C22H22BrN3O2. The molecule has 1 aromatic heterocycles. The third-order valence-corrected chi connectivity index (χ3v) is 5.87. The average molecular weight is 440 g/mol. The molecule has 1 aliphatic carbocycles. The minimum atomic E-state index is -0.116. The zero-order valence-electron chi connectivity index (χ0n) is 15.8. The van der Waals surface area contributed by atoms with Crippen LogP contribution in [-0.4, -0.2) is 23.0 Å². The molecule has 0 N–H and O–H groups in total. The lowest BCUT2D eigenvalue weighted by Gasteiger charge is -2.22. The fourth-order valence-electron chi connectivity index (χ4n) is 3.76. The van der Waals surface area contributed by atoms with Crippen molar-refractivity contribution in [1.29, 1.82) is 0 Å². The molecule has 1 aliphatic rings. The molecule has 3 aromatic rings. The largest absolute Gasteiger partial charge is 0.496 e. The van der Waals surface area contributed by atoms with Gasteiger partial charge in [-0.1, -0.05) is 31.4 Å². The molecule has 1 fully saturated rings. The van der Waals surface area contributed by atoms with Crippen molar-refractivity contribution in [3.8, 4) is 5.75 Å². The first-order valence-corrected chi connectivity index (χ1v) is 10.4. The number of hydrogen-bond acceptors (Lipinski definition) is 4. The predicted molar refractivity (Wildman–Crippen MR) is 116 cm³/mol. The molecule has 6 heteroatoms. The van der Waals surface area contributed by atoms with Gasteiger partial charge in [0.15, 0.2) is 0 Å². The number of benzene rings is 2. The van der Waals surface area contributed by atoms with Crippen LogP contribution < -0.4 is 10.3 Å². The van der Waals surface area contributed by atoms with E-state index < -0.39 is 0 Å². The first-order valence-electron chi connectivity index (χ1n) is 9.57. The molecule has 0 spiro atoms. The van der Waals surface area contributed by atoms with Gasteiger partial charge in [-0.15, -0.1) is 0 Å². The Morgan fingerprint density at radius 2 is 1.96 bits per heavy atom. The molecule has 1 heterocycles. The standard InChI is InChI=1S/C22H22BrN3O2/c1-28-20-12-11-15(13-18(20)23)14-24-26-21(16-7-3-2-4-8-16)25-19-10-6-5-9-17(19)22(26)27/h5-6,9-14,16H,2-4,7-8H2,1H3. The molecule has 0 unspecified atom stereocenters. The van der Waals surface area contributed by atoms with E-state index in [0.29, 0.717) is 5.39 Å². The van der Waals surface area contributed by atoms with E-state index >= 15 is 0 Å². The quantitative estimate of drug-likeness (QED) is 0.531. The summed E-state index contributed by atoms with van der Waals surface area (Å²) in [5, 5.41) is 5.15. The molecule has 0 aliphatic heterocycles. The number of para-hydroxylation sites is 1. The lowest BCUT2D eigenvalue weighted by molar-refractivity contribution is 0.412. The maximum atomic E-state index is 13.2. The third-order valence-electron chi connectivity index (χ3n) is 5.25. The molecule has 0 atom stereocenters. The summed E-state index contributed by atoms with van der Waals surface area (Å²) in [6.45, 7) is 0. The van der Waals surface area contributed by atoms with Gasteiger partial charge in [0.1, 0.15) is 11.6 Å². The van der Waals surface area contributed by atoms with E-state index in [0.717, 1.165) is 40.0 Å². The Kier molecular flexibility index (Phi) is 5.57. The predicted octanol–water partition coefficient (Wildman–Crippen LogP) is 5.10. The van der Waals surface area contributed by atoms with Crippen molar-refractivity contribution in [2.45, 2.75) is 38.0 Å². The number of ether oxygens (including phenoxy) is 1. The summed E-state index contributed by atoms with van der Waals surface area (Å²) in [7, 11) is 1.63. The van der Waals surface area contributed by atoms with Crippen LogP contribution in [0, 0.1) is 0 Å². The SMILES string of the molecule is COc1ccc(C=Nn2c(C3CCCCC3)nc3ccccc3c2=O)cc1Br. The summed E-state index contributed by atoms with van der Waals surface area (Å²) in [5.41, 5.74) is 1.50. The van der Waals surface area contributed by atoms with Crippen LogP contribution in [-0.2, 0) is 0 Å². The van der Waals surface area contributed by atoms with Gasteiger partial charge >= 0.3 is 0 Å². The number of rotatable bonds is 4. The van der Waals surface area contributed by atoms with Gasteiger partial charge in [-0.25, -0.2) is 4.98 Å². The van der Waals surface area contributed by atoms with E-state index in [2.05, 4.69) is 21.0 Å². The van der Waals surface area contributed by atoms with Gasteiger partial charge in [-0.3, -0.25) is 4.79 Å². The number of nitrogens with zero attached hydrogens (tertiary/aromatic N) is 3. The van der Waals surface area contributed by atoms with Crippen LogP contribution in [0.15, 0.2) is 56.8 Å². The van der Waals surface area contributed by atoms with Gasteiger partial charge in [0.2, 0.25) is 0 Å². The third kappa shape index (κ3) is 3.74. The monoisotopic (exact) mass is 439 g/mol. The van der Waals surface area contributed by atoms with Crippen LogP contribution in [0.1, 0.15) is 49.4 Å². The maximum Gasteiger partial charge on any atom is 0.282 e. The highest BCUT2D eigenvalue weighted by molar-refractivity contribution is 9.10. The van der Waals surface area contributed by atoms with Crippen molar-refractivity contribution in [3.63, 3.8) is 0 Å². The van der Waals surface area contributed by atoms with Crippen molar-refractivity contribution in [1.82, 2.24) is 9.66 Å². The molecular weight excluding hydrogens is 418 g/mol. The molecule has 0 saturated heterocycles. The molecule has 0 amide bonds. The molecule has 28 heavy (non-hydrogen) atoms. The van der Waals surface area contributed by atoms with Crippen molar-refractivity contribution in [3.05, 3.63) is 68.7 Å². The number of methoxy groups -OCH3 is 1. The number of fused-ring (bicyclic) bond motifs is 1. The molecule has 4 rings (SSSR count). The number of hydrogen-bond donors (Lipinski definition) is 0. The highest BCUT2D eigenvalue weighted by atomic mass is 79.9. The lowest BCUT2D eigenvalue weighted by atomic mass is 9.88. The van der Waals surface area contributed by atoms with Crippen LogP contribution in [0.5, 0.6) is 5.75 Å². The van der Waals surface area contributed by atoms with Gasteiger partial charge < -0.3 is 4.74 Å². The molecule has 0 radical (unpaired) electrons. The average Bonchev–Trinajstić information content (AvgIpc) is 2.74. The Balaban J connectivity index is 1.81. The normalized spacial score (nSPS) is 15.4. The summed E-state index contributed by atoms with van der Waals surface area (Å²) >= 11 is 3.49. The van der Waals surface area contributed by atoms with E-state index in [9.17, 15) is 4.79 Å². The number of aromatic nitrogens is 2. The van der Waals surface area contributed by atoms with Crippen LogP contribution >= 0.6 is 15.9 Å². The second-order valence-corrected chi connectivity index (χ2v) is 7.93.